The molecule has 1 amide bonds. The van der Waals surface area contributed by atoms with E-state index < -0.39 is 0 Å². The minimum Gasteiger partial charge on any atom is -0.341 e. The lowest BCUT2D eigenvalue weighted by Gasteiger charge is -2.39. The van der Waals surface area contributed by atoms with Crippen LogP contribution < -0.4 is 0 Å². The third-order valence-corrected chi connectivity index (χ3v) is 4.78. The summed E-state index contributed by atoms with van der Waals surface area (Å²) >= 11 is 0. The molecule has 2 rings (SSSR count). The lowest BCUT2D eigenvalue weighted by Crippen LogP contribution is -2.55. The summed E-state index contributed by atoms with van der Waals surface area (Å²) < 4.78 is 0. The van der Waals surface area contributed by atoms with Crippen LogP contribution in [0.25, 0.3) is 0 Å². The monoisotopic (exact) mass is 224 g/mol. The number of carbonyl (C=O) groups is 1. The van der Waals surface area contributed by atoms with Gasteiger partial charge in [0.05, 0.1) is 6.04 Å². The van der Waals surface area contributed by atoms with Crippen LogP contribution in [-0.2, 0) is 4.79 Å². The molecule has 0 aliphatic carbocycles. The van der Waals surface area contributed by atoms with Crippen molar-refractivity contribution in [1.82, 2.24) is 9.80 Å². The van der Waals surface area contributed by atoms with E-state index in [2.05, 4.69) is 30.6 Å². The molecule has 0 radical (unpaired) electrons. The highest BCUT2D eigenvalue weighted by Gasteiger charge is 2.42. The Hall–Kier alpha value is -0.570. The van der Waals surface area contributed by atoms with Crippen LogP contribution in [-0.4, -0.2) is 48.4 Å². The van der Waals surface area contributed by atoms with Crippen LogP contribution in [0, 0.1) is 11.3 Å². The topological polar surface area (TPSA) is 23.6 Å². The summed E-state index contributed by atoms with van der Waals surface area (Å²) in [6.45, 7) is 9.83. The number of likely N-dealkylation sites (tertiary alicyclic amines) is 2. The molecule has 2 aliphatic heterocycles. The minimum atomic E-state index is 0.175. The first-order valence-corrected chi connectivity index (χ1v) is 6.43. The largest absolute Gasteiger partial charge is 0.341 e. The first-order chi connectivity index (χ1) is 7.44. The van der Waals surface area contributed by atoms with Gasteiger partial charge in [0.25, 0.3) is 0 Å². The molecule has 2 aliphatic rings. The summed E-state index contributed by atoms with van der Waals surface area (Å²) in [7, 11) is 2.05. The predicted molar refractivity (Wildman–Crippen MR) is 65.2 cm³/mol. The van der Waals surface area contributed by atoms with Gasteiger partial charge in [0.2, 0.25) is 5.91 Å². The molecule has 0 unspecified atom stereocenters. The van der Waals surface area contributed by atoms with Crippen molar-refractivity contribution in [3.63, 3.8) is 0 Å². The van der Waals surface area contributed by atoms with Gasteiger partial charge in [-0.15, -0.1) is 0 Å². The zero-order valence-electron chi connectivity index (χ0n) is 11.0. The zero-order valence-corrected chi connectivity index (χ0v) is 11.0. The molecule has 92 valence electrons. The Morgan fingerprint density at radius 1 is 1.38 bits per heavy atom. The van der Waals surface area contributed by atoms with Gasteiger partial charge < -0.3 is 4.90 Å². The minimum absolute atomic E-state index is 0.175. The average Bonchev–Trinajstić information content (AvgIpc) is 2.60. The second kappa shape index (κ2) is 4.02. The van der Waals surface area contributed by atoms with Crippen molar-refractivity contribution in [3.05, 3.63) is 0 Å². The van der Waals surface area contributed by atoms with Gasteiger partial charge >= 0.3 is 0 Å². The molecular formula is C13H24N2O. The lowest BCUT2D eigenvalue weighted by atomic mass is 9.78. The molecule has 3 heteroatoms. The first-order valence-electron chi connectivity index (χ1n) is 6.43. The molecule has 0 aromatic rings. The lowest BCUT2D eigenvalue weighted by molar-refractivity contribution is -0.140. The van der Waals surface area contributed by atoms with E-state index in [0.29, 0.717) is 17.2 Å². The summed E-state index contributed by atoms with van der Waals surface area (Å²) in [6, 6.07) is 0.175. The SMILES string of the molecule is CC(C)[C@@]1(C)CCN(C(=O)[C@@H]2CCN2C)C1. The van der Waals surface area contributed by atoms with Gasteiger partial charge in [-0.2, -0.15) is 0 Å². The average molecular weight is 224 g/mol. The van der Waals surface area contributed by atoms with Crippen molar-refractivity contribution in [1.29, 1.82) is 0 Å². The van der Waals surface area contributed by atoms with Gasteiger partial charge in [0.1, 0.15) is 0 Å². The molecule has 0 aromatic carbocycles. The molecule has 16 heavy (non-hydrogen) atoms. The fourth-order valence-electron chi connectivity index (χ4n) is 2.68. The molecule has 0 aromatic heterocycles. The van der Waals surface area contributed by atoms with E-state index in [0.717, 1.165) is 32.5 Å². The van der Waals surface area contributed by atoms with Crippen molar-refractivity contribution in [2.75, 3.05) is 26.7 Å². The molecule has 2 saturated heterocycles. The smallest absolute Gasteiger partial charge is 0.239 e. The summed E-state index contributed by atoms with van der Waals surface area (Å²) in [4.78, 5) is 16.5. The number of likely N-dealkylation sites (N-methyl/N-ethyl adjacent to an activating group) is 1. The van der Waals surface area contributed by atoms with Crippen LogP contribution in [0.3, 0.4) is 0 Å². The summed E-state index contributed by atoms with van der Waals surface area (Å²) in [6.07, 6.45) is 2.21. The Morgan fingerprint density at radius 2 is 2.06 bits per heavy atom. The zero-order chi connectivity index (χ0) is 11.9. The van der Waals surface area contributed by atoms with E-state index in [1.54, 1.807) is 0 Å². The second-order valence-electron chi connectivity index (χ2n) is 6.10. The van der Waals surface area contributed by atoms with Gasteiger partial charge in [-0.05, 0) is 31.2 Å². The van der Waals surface area contributed by atoms with Crippen LogP contribution >= 0.6 is 0 Å². The Kier molecular flexibility index (Phi) is 2.99. The highest BCUT2D eigenvalue weighted by atomic mass is 16.2. The molecular weight excluding hydrogens is 200 g/mol. The van der Waals surface area contributed by atoms with Gasteiger partial charge in [0, 0.05) is 19.6 Å². The first kappa shape index (κ1) is 11.9. The quantitative estimate of drug-likeness (QED) is 0.711. The number of carbonyl (C=O) groups excluding carboxylic acids is 1. The molecule has 2 fully saturated rings. The second-order valence-corrected chi connectivity index (χ2v) is 6.10. The van der Waals surface area contributed by atoms with E-state index in [1.165, 1.54) is 0 Å². The number of amides is 1. The molecule has 0 bridgehead atoms. The van der Waals surface area contributed by atoms with E-state index in [4.69, 9.17) is 0 Å². The van der Waals surface area contributed by atoms with E-state index in [1.807, 2.05) is 7.05 Å². The Labute approximate surface area is 98.8 Å². The van der Waals surface area contributed by atoms with E-state index >= 15 is 0 Å². The van der Waals surface area contributed by atoms with Crippen LogP contribution in [0.1, 0.15) is 33.6 Å². The highest BCUT2D eigenvalue weighted by Crippen LogP contribution is 2.37. The Bertz CT molecular complexity index is 290. The predicted octanol–water partition coefficient (Wildman–Crippen LogP) is 1.59. The maximum Gasteiger partial charge on any atom is 0.239 e. The van der Waals surface area contributed by atoms with Crippen molar-refractivity contribution in [2.45, 2.75) is 39.7 Å². The molecule has 0 spiro atoms. The van der Waals surface area contributed by atoms with Gasteiger partial charge in [-0.1, -0.05) is 20.8 Å². The van der Waals surface area contributed by atoms with Gasteiger partial charge in [0.15, 0.2) is 0 Å². The van der Waals surface area contributed by atoms with Gasteiger partial charge in [-0.25, -0.2) is 0 Å². The number of hydrogen-bond acceptors (Lipinski definition) is 2. The van der Waals surface area contributed by atoms with E-state index in [-0.39, 0.29) is 6.04 Å². The van der Waals surface area contributed by atoms with Crippen molar-refractivity contribution >= 4 is 5.91 Å². The third-order valence-electron chi connectivity index (χ3n) is 4.78. The van der Waals surface area contributed by atoms with Crippen LogP contribution in [0.4, 0.5) is 0 Å². The van der Waals surface area contributed by atoms with Crippen molar-refractivity contribution < 1.29 is 4.79 Å². The summed E-state index contributed by atoms with van der Waals surface area (Å²) in [5.41, 5.74) is 0.331. The third kappa shape index (κ3) is 1.86. The van der Waals surface area contributed by atoms with Crippen LogP contribution in [0.2, 0.25) is 0 Å². The molecule has 0 N–H and O–H groups in total. The maximum absolute atomic E-state index is 12.2. The Morgan fingerprint density at radius 3 is 2.44 bits per heavy atom. The molecule has 2 heterocycles. The summed E-state index contributed by atoms with van der Waals surface area (Å²) in [5.74, 6) is 1.02. The van der Waals surface area contributed by atoms with Crippen molar-refractivity contribution in [3.8, 4) is 0 Å². The highest BCUT2D eigenvalue weighted by molar-refractivity contribution is 5.83. The van der Waals surface area contributed by atoms with Gasteiger partial charge in [-0.3, -0.25) is 9.69 Å². The van der Waals surface area contributed by atoms with Crippen LogP contribution in [0.5, 0.6) is 0 Å². The maximum atomic E-state index is 12.2. The standard InChI is InChI=1S/C13H24N2O/c1-10(2)13(3)6-8-15(9-13)12(16)11-5-7-14(11)4/h10-11H,5-9H2,1-4H3/t11-,13-/m0/s1. The van der Waals surface area contributed by atoms with Crippen LogP contribution in [0.15, 0.2) is 0 Å². The molecule has 0 saturated carbocycles. The fourth-order valence-corrected chi connectivity index (χ4v) is 2.68. The number of hydrogen-bond donors (Lipinski definition) is 0. The molecule has 3 nitrogen and oxygen atoms in total. The normalized spacial score (nSPS) is 35.6. The Balaban J connectivity index is 1.96. The fraction of sp³-hybridized carbons (Fsp3) is 0.923. The molecule has 2 atom stereocenters. The van der Waals surface area contributed by atoms with E-state index in [9.17, 15) is 4.79 Å². The number of rotatable bonds is 2. The number of nitrogens with zero attached hydrogens (tertiary/aromatic N) is 2. The van der Waals surface area contributed by atoms with Crippen molar-refractivity contribution in [2.24, 2.45) is 11.3 Å². The summed E-state index contributed by atoms with van der Waals surface area (Å²) in [5, 5.41) is 0.